The molecule has 0 aromatic heterocycles. The van der Waals surface area contributed by atoms with Crippen LogP contribution < -0.4 is 0 Å². The summed E-state index contributed by atoms with van der Waals surface area (Å²) >= 11 is 0. The van der Waals surface area contributed by atoms with Gasteiger partial charge in [-0.05, 0) is 12.8 Å². The number of likely N-dealkylation sites (tertiary alicyclic amines) is 1. The largest absolute Gasteiger partial charge is 0.373 e. The minimum atomic E-state index is -0.575. The molecular formula is C8H12NO3. The highest BCUT2D eigenvalue weighted by Gasteiger charge is 2.37. The normalized spacial score (nSPS) is 30.4. The first kappa shape index (κ1) is 8.01. The smallest absolute Gasteiger partial charge is 0.260 e. The summed E-state index contributed by atoms with van der Waals surface area (Å²) in [4.78, 5) is 12.9. The lowest BCUT2D eigenvalue weighted by atomic mass is 10.1. The third kappa shape index (κ3) is 1.21. The molecule has 0 aromatic carbocycles. The van der Waals surface area contributed by atoms with Crippen LogP contribution >= 0.6 is 0 Å². The Kier molecular flexibility index (Phi) is 2.02. The molecule has 2 heterocycles. The van der Waals surface area contributed by atoms with Crippen molar-refractivity contribution in [2.24, 2.45) is 0 Å². The molecule has 1 amide bonds. The highest BCUT2D eigenvalue weighted by molar-refractivity contribution is 5.89. The van der Waals surface area contributed by atoms with Gasteiger partial charge in [-0.1, -0.05) is 0 Å². The Morgan fingerprint density at radius 1 is 1.67 bits per heavy atom. The molecule has 1 atom stereocenters. The van der Waals surface area contributed by atoms with E-state index < -0.39 is 6.23 Å². The van der Waals surface area contributed by atoms with Crippen molar-refractivity contribution in [2.45, 2.75) is 25.5 Å². The van der Waals surface area contributed by atoms with Crippen molar-refractivity contribution in [3.8, 4) is 0 Å². The summed E-state index contributed by atoms with van der Waals surface area (Å²) in [6, 6.07) is 0. The lowest BCUT2D eigenvalue weighted by molar-refractivity contribution is -0.156. The average Bonchev–Trinajstić information content (AvgIpc) is 2.53. The monoisotopic (exact) mass is 170 g/mol. The van der Waals surface area contributed by atoms with Crippen molar-refractivity contribution in [3.05, 3.63) is 6.10 Å². The fraction of sp³-hybridized carbons (Fsp3) is 0.750. The van der Waals surface area contributed by atoms with E-state index in [0.29, 0.717) is 25.7 Å². The number of aliphatic hydroxyl groups is 1. The van der Waals surface area contributed by atoms with Crippen LogP contribution in [-0.4, -0.2) is 35.3 Å². The predicted molar refractivity (Wildman–Crippen MR) is 40.8 cm³/mol. The van der Waals surface area contributed by atoms with Gasteiger partial charge in [0.1, 0.15) is 6.23 Å². The number of amides is 1. The molecule has 0 aromatic rings. The highest BCUT2D eigenvalue weighted by atomic mass is 16.5. The number of carbonyl (C=O) groups is 1. The van der Waals surface area contributed by atoms with E-state index in [1.165, 1.54) is 4.90 Å². The van der Waals surface area contributed by atoms with E-state index in [4.69, 9.17) is 4.74 Å². The van der Waals surface area contributed by atoms with Gasteiger partial charge in [0.05, 0.1) is 0 Å². The molecule has 2 saturated heterocycles. The van der Waals surface area contributed by atoms with Crippen LogP contribution in [0.4, 0.5) is 0 Å². The van der Waals surface area contributed by atoms with Gasteiger partial charge in [0.15, 0.2) is 6.10 Å². The minimum absolute atomic E-state index is 0.119. The van der Waals surface area contributed by atoms with Gasteiger partial charge in [-0.2, -0.15) is 0 Å². The third-order valence-electron chi connectivity index (χ3n) is 2.31. The molecule has 2 aliphatic heterocycles. The van der Waals surface area contributed by atoms with E-state index in [-0.39, 0.29) is 5.91 Å². The molecule has 67 valence electrons. The van der Waals surface area contributed by atoms with E-state index in [1.807, 2.05) is 0 Å². The lowest BCUT2D eigenvalue weighted by Gasteiger charge is -2.37. The van der Waals surface area contributed by atoms with Crippen LogP contribution in [0.3, 0.4) is 0 Å². The molecule has 0 spiro atoms. The van der Waals surface area contributed by atoms with Gasteiger partial charge >= 0.3 is 0 Å². The Morgan fingerprint density at radius 3 is 2.92 bits per heavy atom. The predicted octanol–water partition coefficient (Wildman–Crippen LogP) is -0.121. The molecule has 0 bridgehead atoms. The van der Waals surface area contributed by atoms with Crippen molar-refractivity contribution in [3.63, 3.8) is 0 Å². The maximum atomic E-state index is 11.4. The Hall–Kier alpha value is -0.610. The topological polar surface area (TPSA) is 49.8 Å². The van der Waals surface area contributed by atoms with E-state index >= 15 is 0 Å². The van der Waals surface area contributed by atoms with E-state index in [9.17, 15) is 9.90 Å². The fourth-order valence-corrected chi connectivity index (χ4v) is 1.44. The van der Waals surface area contributed by atoms with Gasteiger partial charge in [-0.3, -0.25) is 4.79 Å². The van der Waals surface area contributed by atoms with Gasteiger partial charge in [-0.25, -0.2) is 0 Å². The second-order valence-corrected chi connectivity index (χ2v) is 3.14. The van der Waals surface area contributed by atoms with Gasteiger partial charge < -0.3 is 14.7 Å². The molecule has 12 heavy (non-hydrogen) atoms. The zero-order chi connectivity index (χ0) is 8.55. The highest BCUT2D eigenvalue weighted by Crippen LogP contribution is 2.26. The SMILES string of the molecule is O=C([C]1CCCO1)N1CCC1O. The molecule has 1 unspecified atom stereocenters. The first-order chi connectivity index (χ1) is 5.79. The van der Waals surface area contributed by atoms with E-state index in [0.717, 1.165) is 12.8 Å². The summed E-state index contributed by atoms with van der Waals surface area (Å²) in [6.45, 7) is 1.30. The van der Waals surface area contributed by atoms with Crippen LogP contribution in [0.2, 0.25) is 0 Å². The number of ether oxygens (including phenoxy) is 1. The van der Waals surface area contributed by atoms with Crippen LogP contribution in [0.25, 0.3) is 0 Å². The van der Waals surface area contributed by atoms with Crippen molar-refractivity contribution in [2.75, 3.05) is 13.2 Å². The Balaban J connectivity index is 1.90. The molecule has 2 fully saturated rings. The van der Waals surface area contributed by atoms with Gasteiger partial charge in [0.2, 0.25) is 0 Å². The number of hydrogen-bond donors (Lipinski definition) is 1. The lowest BCUT2D eigenvalue weighted by Crippen LogP contribution is -2.52. The van der Waals surface area contributed by atoms with Crippen LogP contribution in [0.1, 0.15) is 19.3 Å². The van der Waals surface area contributed by atoms with Crippen LogP contribution in [-0.2, 0) is 9.53 Å². The number of carbonyl (C=O) groups excluding carboxylic acids is 1. The molecule has 2 rings (SSSR count). The average molecular weight is 170 g/mol. The maximum Gasteiger partial charge on any atom is 0.260 e. The molecule has 0 aliphatic carbocycles. The summed E-state index contributed by atoms with van der Waals surface area (Å²) in [5.74, 6) is -0.119. The summed E-state index contributed by atoms with van der Waals surface area (Å²) in [5.41, 5.74) is 0. The van der Waals surface area contributed by atoms with E-state index in [1.54, 1.807) is 0 Å². The molecule has 2 aliphatic rings. The molecule has 4 nitrogen and oxygen atoms in total. The van der Waals surface area contributed by atoms with Crippen LogP contribution in [0.15, 0.2) is 0 Å². The Morgan fingerprint density at radius 2 is 2.50 bits per heavy atom. The van der Waals surface area contributed by atoms with Crippen LogP contribution in [0, 0.1) is 6.10 Å². The molecule has 0 saturated carbocycles. The maximum absolute atomic E-state index is 11.4. The van der Waals surface area contributed by atoms with Crippen molar-refractivity contribution in [1.82, 2.24) is 4.90 Å². The molecule has 1 N–H and O–H groups in total. The molecule has 4 heteroatoms. The van der Waals surface area contributed by atoms with Crippen molar-refractivity contribution in [1.29, 1.82) is 0 Å². The zero-order valence-electron chi connectivity index (χ0n) is 6.82. The second kappa shape index (κ2) is 3.03. The van der Waals surface area contributed by atoms with Crippen LogP contribution in [0.5, 0.6) is 0 Å². The minimum Gasteiger partial charge on any atom is -0.373 e. The first-order valence-electron chi connectivity index (χ1n) is 4.26. The molecular weight excluding hydrogens is 158 g/mol. The molecule has 1 radical (unpaired) electrons. The summed E-state index contributed by atoms with van der Waals surface area (Å²) < 4.78 is 5.13. The summed E-state index contributed by atoms with van der Waals surface area (Å²) in [7, 11) is 0. The fourth-order valence-electron chi connectivity index (χ4n) is 1.44. The number of hydrogen-bond acceptors (Lipinski definition) is 3. The third-order valence-corrected chi connectivity index (χ3v) is 2.31. The number of aliphatic hydroxyl groups excluding tert-OH is 1. The quantitative estimate of drug-likeness (QED) is 0.597. The number of nitrogens with zero attached hydrogens (tertiary/aromatic N) is 1. The second-order valence-electron chi connectivity index (χ2n) is 3.14. The standard InChI is InChI=1S/C8H12NO3/c10-7-3-4-9(7)8(11)6-2-1-5-12-6/h7,10H,1-5H2. The number of rotatable bonds is 1. The first-order valence-corrected chi connectivity index (χ1v) is 4.26. The Bertz CT molecular complexity index is 185. The van der Waals surface area contributed by atoms with Gasteiger partial charge in [-0.15, -0.1) is 0 Å². The van der Waals surface area contributed by atoms with Crippen molar-refractivity contribution < 1.29 is 14.6 Å². The Labute approximate surface area is 71.1 Å². The summed E-state index contributed by atoms with van der Waals surface area (Å²) in [6.07, 6.45) is 2.29. The zero-order valence-corrected chi connectivity index (χ0v) is 6.82. The van der Waals surface area contributed by atoms with Gasteiger partial charge in [0, 0.05) is 19.6 Å². The van der Waals surface area contributed by atoms with Gasteiger partial charge in [0.25, 0.3) is 5.91 Å². The van der Waals surface area contributed by atoms with E-state index in [2.05, 4.69) is 0 Å². The van der Waals surface area contributed by atoms with Crippen molar-refractivity contribution >= 4 is 5.91 Å². The summed E-state index contributed by atoms with van der Waals surface area (Å²) in [5, 5.41) is 9.17.